The van der Waals surface area contributed by atoms with E-state index in [4.69, 9.17) is 0 Å². The summed E-state index contributed by atoms with van der Waals surface area (Å²) < 4.78 is 0. The summed E-state index contributed by atoms with van der Waals surface area (Å²) in [6.45, 7) is 10.4. The van der Waals surface area contributed by atoms with Gasteiger partial charge >= 0.3 is 0 Å². The highest BCUT2D eigenvalue weighted by atomic mass is 16.2. The van der Waals surface area contributed by atoms with Crippen LogP contribution in [-0.4, -0.2) is 45.2 Å². The average Bonchev–Trinajstić information content (AvgIpc) is 3.57. The third-order valence-electron chi connectivity index (χ3n) is 7.49. The number of benzene rings is 2. The fourth-order valence-electron chi connectivity index (χ4n) is 5.16. The van der Waals surface area contributed by atoms with Crippen LogP contribution < -0.4 is 10.6 Å². The van der Waals surface area contributed by atoms with E-state index >= 15 is 0 Å². The number of hydrogen-bond acceptors (Lipinski definition) is 4. The molecular weight excluding hydrogens is 490 g/mol. The molecule has 8 nitrogen and oxygen atoms in total. The van der Waals surface area contributed by atoms with Crippen LogP contribution in [0.2, 0.25) is 0 Å². The van der Waals surface area contributed by atoms with Crippen molar-refractivity contribution in [2.75, 3.05) is 6.54 Å². The molecule has 0 aliphatic carbocycles. The van der Waals surface area contributed by atoms with Gasteiger partial charge in [0.2, 0.25) is 17.7 Å². The summed E-state index contributed by atoms with van der Waals surface area (Å²) in [6, 6.07) is 16.2. The number of likely N-dealkylation sites (tertiary alicyclic amines) is 1. The average molecular weight is 532 g/mol. The maximum atomic E-state index is 13.8. The number of amides is 3. The fourth-order valence-corrected chi connectivity index (χ4v) is 5.16. The molecule has 2 aromatic carbocycles. The van der Waals surface area contributed by atoms with Crippen molar-refractivity contribution in [2.45, 2.75) is 78.4 Å². The Morgan fingerprint density at radius 2 is 1.72 bits per heavy atom. The van der Waals surface area contributed by atoms with Crippen LogP contribution in [0.5, 0.6) is 0 Å². The highest BCUT2D eigenvalue weighted by Crippen LogP contribution is 2.33. The van der Waals surface area contributed by atoms with E-state index in [1.54, 1.807) is 6.92 Å². The molecule has 2 heterocycles. The van der Waals surface area contributed by atoms with Gasteiger partial charge in [-0.3, -0.25) is 14.4 Å². The number of carbonyl (C=O) groups excluding carboxylic acids is 3. The zero-order chi connectivity index (χ0) is 28.2. The van der Waals surface area contributed by atoms with E-state index in [2.05, 4.69) is 41.4 Å². The van der Waals surface area contributed by atoms with E-state index in [0.29, 0.717) is 18.8 Å². The van der Waals surface area contributed by atoms with Crippen LogP contribution in [-0.2, 0) is 14.4 Å². The Labute approximate surface area is 231 Å². The van der Waals surface area contributed by atoms with Crippen LogP contribution in [0.4, 0.5) is 0 Å². The monoisotopic (exact) mass is 531 g/mol. The molecule has 1 fully saturated rings. The third kappa shape index (κ3) is 7.05. The van der Waals surface area contributed by atoms with Crippen LogP contribution in [0.15, 0.2) is 54.6 Å². The molecule has 3 amide bonds. The molecule has 4 rings (SSSR count). The summed E-state index contributed by atoms with van der Waals surface area (Å²) in [7, 11) is 0. The van der Waals surface area contributed by atoms with Gasteiger partial charge in [-0.25, -0.2) is 4.98 Å². The second-order valence-electron chi connectivity index (χ2n) is 11.9. The van der Waals surface area contributed by atoms with E-state index in [0.717, 1.165) is 29.4 Å². The van der Waals surface area contributed by atoms with Gasteiger partial charge in [0.05, 0.1) is 29.0 Å². The molecule has 0 spiro atoms. The van der Waals surface area contributed by atoms with E-state index in [-0.39, 0.29) is 29.7 Å². The van der Waals surface area contributed by atoms with E-state index < -0.39 is 23.9 Å². The van der Waals surface area contributed by atoms with Gasteiger partial charge in [-0.05, 0) is 49.3 Å². The van der Waals surface area contributed by atoms with Crippen molar-refractivity contribution in [3.8, 4) is 0 Å². The number of imidazole rings is 1. The Morgan fingerprint density at radius 3 is 2.41 bits per heavy atom. The van der Waals surface area contributed by atoms with Crippen molar-refractivity contribution >= 4 is 28.8 Å². The Bertz CT molecular complexity index is 1260. The van der Waals surface area contributed by atoms with Crippen LogP contribution in [0.25, 0.3) is 11.0 Å². The lowest BCUT2D eigenvalue weighted by atomic mass is 9.90. The molecule has 0 saturated carbocycles. The first-order valence-electron chi connectivity index (χ1n) is 13.9. The van der Waals surface area contributed by atoms with E-state index in [1.165, 1.54) is 0 Å². The second kappa shape index (κ2) is 12.0. The summed E-state index contributed by atoms with van der Waals surface area (Å²) in [5.74, 6) is -0.889. The van der Waals surface area contributed by atoms with Gasteiger partial charge in [0.15, 0.2) is 0 Å². The lowest BCUT2D eigenvalue weighted by Crippen LogP contribution is -2.54. The molecule has 0 bridgehead atoms. The highest BCUT2D eigenvalue weighted by Gasteiger charge is 2.39. The van der Waals surface area contributed by atoms with Gasteiger partial charge in [0.1, 0.15) is 11.9 Å². The quantitative estimate of drug-likeness (QED) is 0.359. The number of aromatic amines is 1. The predicted molar refractivity (Wildman–Crippen MR) is 153 cm³/mol. The molecule has 3 aromatic rings. The minimum atomic E-state index is -1.01. The molecule has 1 aliphatic rings. The maximum absolute atomic E-state index is 13.8. The minimum absolute atomic E-state index is 0.0230. The number of nitrogens with one attached hydrogen (secondary N) is 3. The van der Waals surface area contributed by atoms with Gasteiger partial charge in [0, 0.05) is 13.0 Å². The number of fused-ring (bicyclic) bond motifs is 1. The lowest BCUT2D eigenvalue weighted by Gasteiger charge is -2.32. The fraction of sp³-hybridized carbons (Fsp3) is 0.484. The number of carbonyl (C=O) groups is 3. The van der Waals surface area contributed by atoms with Crippen LogP contribution >= 0.6 is 0 Å². The number of aromatic nitrogens is 2. The molecule has 1 saturated heterocycles. The van der Waals surface area contributed by atoms with Gasteiger partial charge < -0.3 is 20.5 Å². The smallest absolute Gasteiger partial charge is 0.243 e. The zero-order valence-electron chi connectivity index (χ0n) is 23.7. The van der Waals surface area contributed by atoms with Crippen molar-refractivity contribution in [1.29, 1.82) is 0 Å². The Hall–Kier alpha value is -3.68. The summed E-state index contributed by atoms with van der Waals surface area (Å²) in [6.07, 6.45) is 2.73. The first-order valence-corrected chi connectivity index (χ1v) is 13.9. The Kier molecular flexibility index (Phi) is 8.73. The van der Waals surface area contributed by atoms with Crippen molar-refractivity contribution in [2.24, 2.45) is 11.3 Å². The van der Waals surface area contributed by atoms with Crippen molar-refractivity contribution in [3.63, 3.8) is 0 Å². The Balaban J connectivity index is 1.52. The third-order valence-corrected chi connectivity index (χ3v) is 7.49. The minimum Gasteiger partial charge on any atom is -0.345 e. The molecule has 0 unspecified atom stereocenters. The topological polar surface area (TPSA) is 107 Å². The normalized spacial score (nSPS) is 18.0. The molecule has 3 N–H and O–H groups in total. The lowest BCUT2D eigenvalue weighted by molar-refractivity contribution is -0.141. The first-order chi connectivity index (χ1) is 18.5. The largest absolute Gasteiger partial charge is 0.345 e. The highest BCUT2D eigenvalue weighted by molar-refractivity contribution is 5.93. The predicted octanol–water partition coefficient (Wildman–Crippen LogP) is 5.05. The second-order valence-corrected chi connectivity index (χ2v) is 11.9. The van der Waals surface area contributed by atoms with Gasteiger partial charge in [-0.15, -0.1) is 0 Å². The number of H-pyrrole nitrogens is 1. The molecule has 39 heavy (non-hydrogen) atoms. The summed E-state index contributed by atoms with van der Waals surface area (Å²) in [4.78, 5) is 50.2. The van der Waals surface area contributed by atoms with Crippen LogP contribution in [0.1, 0.15) is 83.8 Å². The molecular formula is C31H41N5O3. The zero-order valence-corrected chi connectivity index (χ0v) is 23.7. The molecule has 0 radical (unpaired) electrons. The Morgan fingerprint density at radius 1 is 1.03 bits per heavy atom. The van der Waals surface area contributed by atoms with Gasteiger partial charge in [-0.2, -0.15) is 0 Å². The van der Waals surface area contributed by atoms with Gasteiger partial charge in [0.25, 0.3) is 0 Å². The summed E-state index contributed by atoms with van der Waals surface area (Å²) >= 11 is 0. The van der Waals surface area contributed by atoms with Crippen molar-refractivity contribution < 1.29 is 14.4 Å². The SMILES string of the molecule is C[C@H](NC(=O)[C@@H](NC(=O)CCC(C)(C)C)[C@@H](C)C(=O)N1CCC[C@@H]1c1ccccc1)c1nc2ccccc2[nH]1. The summed E-state index contributed by atoms with van der Waals surface area (Å²) in [5, 5.41) is 5.89. The molecule has 1 aromatic heterocycles. The number of rotatable bonds is 9. The molecule has 8 heteroatoms. The summed E-state index contributed by atoms with van der Waals surface area (Å²) in [5.41, 5.74) is 2.75. The number of para-hydroxylation sites is 2. The first kappa shape index (κ1) is 28.3. The van der Waals surface area contributed by atoms with Crippen LogP contribution in [0.3, 0.4) is 0 Å². The van der Waals surface area contributed by atoms with Crippen molar-refractivity contribution in [3.05, 3.63) is 66.0 Å². The maximum Gasteiger partial charge on any atom is 0.243 e. The molecule has 1 aliphatic heterocycles. The standard InChI is InChI=1S/C31H41N5O3/c1-20(30(39)36-19-11-16-25(36)22-12-7-6-8-13-22)27(35-26(37)17-18-31(3,4)5)29(38)32-21(2)28-33-23-14-9-10-15-24(23)34-28/h6-10,12-15,20-21,25,27H,11,16-19H2,1-5H3,(H,32,38)(H,33,34)(H,35,37)/t20-,21+,25-,27+/m1/s1. The molecule has 4 atom stereocenters. The van der Waals surface area contributed by atoms with Crippen LogP contribution in [0, 0.1) is 11.3 Å². The van der Waals surface area contributed by atoms with E-state index in [1.807, 2.05) is 66.4 Å². The number of nitrogens with zero attached hydrogens (tertiary/aromatic N) is 2. The van der Waals surface area contributed by atoms with Crippen molar-refractivity contribution in [1.82, 2.24) is 25.5 Å². The number of hydrogen-bond donors (Lipinski definition) is 3. The van der Waals surface area contributed by atoms with Gasteiger partial charge in [-0.1, -0.05) is 70.2 Å². The van der Waals surface area contributed by atoms with E-state index in [9.17, 15) is 14.4 Å². The molecule has 208 valence electrons.